The second-order valence-electron chi connectivity index (χ2n) is 9.17. The standard InChI is InChI=1S/C24H25F2N9O3/c25-15-3-4-18-28-12-17(35(18)13-15)21-30-22(29-16-2-1-7-34(14-16)19(36)5-6-27)20(26)23(31-21)32-8-10-33(11-9-32)24(37)38/h3-4,12-13,16H,1-2,5,7-11,14H2,(H,37,38)(H,29,30,31). The van der Waals surface area contributed by atoms with Crippen molar-refractivity contribution < 1.29 is 23.5 Å². The Bertz CT molecular complexity index is 1420. The van der Waals surface area contributed by atoms with Crippen LogP contribution in [0.2, 0.25) is 0 Å². The fraction of sp³-hybridized carbons (Fsp3) is 0.417. The Morgan fingerprint density at radius 3 is 2.66 bits per heavy atom. The van der Waals surface area contributed by atoms with Crippen molar-refractivity contribution in [3.63, 3.8) is 0 Å². The Morgan fingerprint density at radius 1 is 1.13 bits per heavy atom. The van der Waals surface area contributed by atoms with Crippen molar-refractivity contribution in [1.82, 2.24) is 29.2 Å². The molecule has 38 heavy (non-hydrogen) atoms. The van der Waals surface area contributed by atoms with Crippen LogP contribution in [0.15, 0.2) is 24.5 Å². The zero-order chi connectivity index (χ0) is 26.8. The zero-order valence-corrected chi connectivity index (χ0v) is 20.3. The molecular formula is C24H25F2N9O3. The zero-order valence-electron chi connectivity index (χ0n) is 20.3. The van der Waals surface area contributed by atoms with Crippen LogP contribution in [-0.4, -0.2) is 91.6 Å². The number of rotatable bonds is 5. The number of halogens is 2. The molecule has 198 valence electrons. The van der Waals surface area contributed by atoms with Gasteiger partial charge in [0, 0.05) is 51.5 Å². The molecule has 3 aromatic rings. The molecule has 0 aliphatic carbocycles. The Hall–Kier alpha value is -4.54. The van der Waals surface area contributed by atoms with E-state index in [2.05, 4.69) is 20.3 Å². The molecule has 5 heterocycles. The van der Waals surface area contributed by atoms with Gasteiger partial charge >= 0.3 is 6.09 Å². The number of carbonyl (C=O) groups excluding carboxylic acids is 1. The first kappa shape index (κ1) is 25.1. The molecule has 12 nitrogen and oxygen atoms in total. The summed E-state index contributed by atoms with van der Waals surface area (Å²) in [6, 6.07) is 4.32. The van der Waals surface area contributed by atoms with Gasteiger partial charge in [-0.15, -0.1) is 0 Å². The van der Waals surface area contributed by atoms with E-state index >= 15 is 4.39 Å². The largest absolute Gasteiger partial charge is 0.465 e. The number of amides is 2. The Morgan fingerprint density at radius 2 is 1.92 bits per heavy atom. The van der Waals surface area contributed by atoms with Gasteiger partial charge in [0.05, 0.1) is 12.3 Å². The molecule has 0 aromatic carbocycles. The number of piperazine rings is 1. The summed E-state index contributed by atoms with van der Waals surface area (Å²) in [4.78, 5) is 41.2. The summed E-state index contributed by atoms with van der Waals surface area (Å²) >= 11 is 0. The van der Waals surface area contributed by atoms with Crippen molar-refractivity contribution in [2.24, 2.45) is 0 Å². The number of carboxylic acid groups (broad SMARTS) is 1. The number of likely N-dealkylation sites (tertiary alicyclic amines) is 1. The van der Waals surface area contributed by atoms with Crippen LogP contribution in [0.3, 0.4) is 0 Å². The fourth-order valence-corrected chi connectivity index (χ4v) is 4.78. The lowest BCUT2D eigenvalue weighted by Gasteiger charge is -2.35. The summed E-state index contributed by atoms with van der Waals surface area (Å²) < 4.78 is 31.4. The normalized spacial score (nSPS) is 17.9. The summed E-state index contributed by atoms with van der Waals surface area (Å²) in [5, 5.41) is 21.2. The van der Waals surface area contributed by atoms with Crippen molar-refractivity contribution in [2.75, 3.05) is 49.5 Å². The number of piperidine rings is 1. The molecule has 0 bridgehead atoms. The molecule has 2 saturated heterocycles. The predicted octanol–water partition coefficient (Wildman–Crippen LogP) is 2.19. The van der Waals surface area contributed by atoms with E-state index in [1.54, 1.807) is 9.80 Å². The first-order chi connectivity index (χ1) is 18.3. The number of hydrogen-bond donors (Lipinski definition) is 2. The maximum Gasteiger partial charge on any atom is 0.407 e. The number of imidazole rings is 1. The molecule has 5 rings (SSSR count). The van der Waals surface area contributed by atoms with Crippen LogP contribution in [0, 0.1) is 23.0 Å². The number of pyridine rings is 1. The molecule has 0 spiro atoms. The number of aromatic nitrogens is 4. The second kappa shape index (κ2) is 10.4. The van der Waals surface area contributed by atoms with Gasteiger partial charge < -0.3 is 25.1 Å². The van der Waals surface area contributed by atoms with Crippen LogP contribution >= 0.6 is 0 Å². The van der Waals surface area contributed by atoms with Crippen molar-refractivity contribution in [3.05, 3.63) is 36.2 Å². The number of carbonyl (C=O) groups is 2. The van der Waals surface area contributed by atoms with Gasteiger partial charge in [-0.25, -0.2) is 24.1 Å². The van der Waals surface area contributed by atoms with E-state index in [1.165, 1.54) is 33.8 Å². The maximum atomic E-state index is 15.9. The van der Waals surface area contributed by atoms with E-state index in [9.17, 15) is 19.1 Å². The predicted molar refractivity (Wildman–Crippen MR) is 131 cm³/mol. The third-order valence-electron chi connectivity index (χ3n) is 6.73. The third-order valence-corrected chi connectivity index (χ3v) is 6.73. The number of nitrogens with zero attached hydrogens (tertiary/aromatic N) is 8. The highest BCUT2D eigenvalue weighted by molar-refractivity contribution is 5.78. The minimum Gasteiger partial charge on any atom is -0.465 e. The van der Waals surface area contributed by atoms with Gasteiger partial charge in [0.2, 0.25) is 11.7 Å². The monoisotopic (exact) mass is 525 g/mol. The highest BCUT2D eigenvalue weighted by Crippen LogP contribution is 2.29. The van der Waals surface area contributed by atoms with Gasteiger partial charge in [0.1, 0.15) is 23.6 Å². The van der Waals surface area contributed by atoms with Crippen LogP contribution in [-0.2, 0) is 4.79 Å². The highest BCUT2D eigenvalue weighted by atomic mass is 19.1. The molecule has 2 amide bonds. The quantitative estimate of drug-likeness (QED) is 0.512. The molecule has 2 N–H and O–H groups in total. The van der Waals surface area contributed by atoms with Crippen LogP contribution in [0.25, 0.3) is 17.2 Å². The summed E-state index contributed by atoms with van der Waals surface area (Å²) in [6.07, 6.45) is 2.77. The van der Waals surface area contributed by atoms with E-state index in [1.807, 2.05) is 6.07 Å². The fourth-order valence-electron chi connectivity index (χ4n) is 4.78. The summed E-state index contributed by atoms with van der Waals surface area (Å²) in [7, 11) is 0. The molecule has 1 unspecified atom stereocenters. The highest BCUT2D eigenvalue weighted by Gasteiger charge is 2.29. The van der Waals surface area contributed by atoms with Crippen molar-refractivity contribution in [1.29, 1.82) is 5.26 Å². The van der Waals surface area contributed by atoms with E-state index in [4.69, 9.17) is 5.26 Å². The molecule has 2 aliphatic heterocycles. The van der Waals surface area contributed by atoms with Crippen molar-refractivity contribution >= 4 is 29.3 Å². The van der Waals surface area contributed by atoms with Crippen molar-refractivity contribution in [2.45, 2.75) is 25.3 Å². The topological polar surface area (TPSA) is 143 Å². The molecule has 1 atom stereocenters. The number of nitriles is 1. The second-order valence-corrected chi connectivity index (χ2v) is 9.17. The molecule has 0 radical (unpaired) electrons. The SMILES string of the molecule is N#CCC(=O)N1CCCC(Nc2nc(-c3cnc4ccc(F)cn34)nc(N3CCN(C(=O)O)CC3)c2F)C1. The van der Waals surface area contributed by atoms with Crippen LogP contribution in [0.5, 0.6) is 0 Å². The average molecular weight is 526 g/mol. The number of anilines is 2. The number of fused-ring (bicyclic) bond motifs is 1. The van der Waals surface area contributed by atoms with Gasteiger partial charge in [-0.2, -0.15) is 9.65 Å². The van der Waals surface area contributed by atoms with E-state index in [0.717, 1.165) is 0 Å². The summed E-state index contributed by atoms with van der Waals surface area (Å²) in [5.74, 6) is -1.48. The average Bonchev–Trinajstić information content (AvgIpc) is 3.33. The first-order valence-electron chi connectivity index (χ1n) is 12.2. The number of hydrogen-bond acceptors (Lipinski definition) is 8. The van der Waals surface area contributed by atoms with E-state index in [0.29, 0.717) is 30.7 Å². The van der Waals surface area contributed by atoms with Gasteiger partial charge in [-0.05, 0) is 25.0 Å². The summed E-state index contributed by atoms with van der Waals surface area (Å²) in [5.41, 5.74) is 0.807. The van der Waals surface area contributed by atoms with Gasteiger partial charge in [0.25, 0.3) is 0 Å². The molecule has 14 heteroatoms. The van der Waals surface area contributed by atoms with E-state index < -0.39 is 17.7 Å². The Labute approximate surface area is 216 Å². The minimum atomic E-state index is -1.04. The molecule has 3 aromatic heterocycles. The minimum absolute atomic E-state index is 0.0119. The first-order valence-corrected chi connectivity index (χ1v) is 12.2. The van der Waals surface area contributed by atoms with Crippen LogP contribution in [0.4, 0.5) is 25.2 Å². The van der Waals surface area contributed by atoms with Crippen LogP contribution in [0.1, 0.15) is 19.3 Å². The molecular weight excluding hydrogens is 500 g/mol. The lowest BCUT2D eigenvalue weighted by molar-refractivity contribution is -0.131. The molecule has 0 saturated carbocycles. The Kier molecular flexibility index (Phi) is 6.91. The third kappa shape index (κ3) is 4.99. The van der Waals surface area contributed by atoms with Gasteiger partial charge in [-0.1, -0.05) is 0 Å². The van der Waals surface area contributed by atoms with Gasteiger partial charge in [0.15, 0.2) is 17.5 Å². The van der Waals surface area contributed by atoms with Gasteiger partial charge in [-0.3, -0.25) is 9.20 Å². The smallest absolute Gasteiger partial charge is 0.407 e. The van der Waals surface area contributed by atoms with E-state index in [-0.39, 0.29) is 68.6 Å². The Balaban J connectivity index is 1.50. The molecule has 2 fully saturated rings. The van der Waals surface area contributed by atoms with Crippen LogP contribution < -0.4 is 10.2 Å². The lowest BCUT2D eigenvalue weighted by atomic mass is 10.1. The number of nitrogens with one attached hydrogen (secondary N) is 1. The maximum absolute atomic E-state index is 15.9. The lowest BCUT2D eigenvalue weighted by Crippen LogP contribution is -2.49. The molecule has 2 aliphatic rings. The van der Waals surface area contributed by atoms with Crippen molar-refractivity contribution in [3.8, 4) is 17.6 Å². The summed E-state index contributed by atoms with van der Waals surface area (Å²) in [6.45, 7) is 1.60.